The number of fused-ring (bicyclic) bond motifs is 1. The smallest absolute Gasteiger partial charge is 0.240 e. The predicted octanol–water partition coefficient (Wildman–Crippen LogP) is 1.77. The third-order valence-corrected chi connectivity index (χ3v) is 4.83. The van der Waals surface area contributed by atoms with Gasteiger partial charge >= 0.3 is 0 Å². The summed E-state index contributed by atoms with van der Waals surface area (Å²) in [5.74, 6) is 0. The molecule has 0 bridgehead atoms. The summed E-state index contributed by atoms with van der Waals surface area (Å²) >= 11 is 0. The van der Waals surface area contributed by atoms with Crippen LogP contribution >= 0.6 is 0 Å². The van der Waals surface area contributed by atoms with Gasteiger partial charge in [-0.2, -0.15) is 0 Å². The van der Waals surface area contributed by atoms with Crippen LogP contribution in [-0.2, 0) is 29.7 Å². The summed E-state index contributed by atoms with van der Waals surface area (Å²) in [6.45, 7) is 1.85. The Bertz CT molecular complexity index is 712. The van der Waals surface area contributed by atoms with E-state index in [1.54, 1.807) is 12.1 Å². The van der Waals surface area contributed by atoms with Gasteiger partial charge in [-0.1, -0.05) is 36.4 Å². The second kappa shape index (κ2) is 5.36. The van der Waals surface area contributed by atoms with E-state index >= 15 is 0 Å². The van der Waals surface area contributed by atoms with Crippen molar-refractivity contribution in [3.63, 3.8) is 0 Å². The van der Waals surface area contributed by atoms with Crippen molar-refractivity contribution in [3.05, 3.63) is 65.2 Å². The molecule has 0 saturated heterocycles. The van der Waals surface area contributed by atoms with Crippen LogP contribution in [0.3, 0.4) is 0 Å². The Hall–Kier alpha value is -1.69. The number of nitrogens with one attached hydrogen (secondary N) is 2. The van der Waals surface area contributed by atoms with E-state index in [0.29, 0.717) is 11.4 Å². The molecule has 0 fully saturated rings. The van der Waals surface area contributed by atoms with Crippen molar-refractivity contribution in [2.75, 3.05) is 0 Å². The molecule has 1 aliphatic rings. The average Bonchev–Trinajstić information content (AvgIpc) is 2.94. The lowest BCUT2D eigenvalue weighted by molar-refractivity contribution is 0.581. The first-order valence-electron chi connectivity index (χ1n) is 6.51. The van der Waals surface area contributed by atoms with Crippen LogP contribution in [-0.4, -0.2) is 8.42 Å². The van der Waals surface area contributed by atoms with Crippen molar-refractivity contribution in [2.45, 2.75) is 24.5 Å². The zero-order valence-electron chi connectivity index (χ0n) is 11.0. The maximum Gasteiger partial charge on any atom is 0.240 e. The molecule has 0 aromatic heterocycles. The van der Waals surface area contributed by atoms with Crippen molar-refractivity contribution >= 4 is 10.0 Å². The minimum atomic E-state index is -3.46. The van der Waals surface area contributed by atoms with Crippen LogP contribution in [0.2, 0.25) is 0 Å². The minimum absolute atomic E-state index is 0.304. The molecule has 5 heteroatoms. The molecule has 0 aliphatic carbocycles. The van der Waals surface area contributed by atoms with E-state index in [4.69, 9.17) is 0 Å². The average molecular weight is 288 g/mol. The van der Waals surface area contributed by atoms with Gasteiger partial charge in [-0.25, -0.2) is 13.1 Å². The Kier molecular flexibility index (Phi) is 3.56. The van der Waals surface area contributed by atoms with Crippen LogP contribution in [0.4, 0.5) is 0 Å². The summed E-state index contributed by atoms with van der Waals surface area (Å²) in [6.07, 6.45) is 0. The summed E-state index contributed by atoms with van der Waals surface area (Å²) in [6, 6.07) is 14.8. The quantitative estimate of drug-likeness (QED) is 0.901. The van der Waals surface area contributed by atoms with Crippen molar-refractivity contribution in [1.29, 1.82) is 0 Å². The highest BCUT2D eigenvalue weighted by Crippen LogP contribution is 2.20. The highest BCUT2D eigenvalue weighted by Gasteiger charge is 2.17. The molecule has 2 aromatic rings. The van der Waals surface area contributed by atoms with Gasteiger partial charge in [0.1, 0.15) is 0 Å². The Morgan fingerprint density at radius 2 is 1.75 bits per heavy atom. The third kappa shape index (κ3) is 2.75. The second-order valence-corrected chi connectivity index (χ2v) is 6.61. The molecule has 1 heterocycles. The van der Waals surface area contributed by atoms with Crippen molar-refractivity contribution in [3.8, 4) is 0 Å². The number of sulfonamides is 1. The molecule has 0 unspecified atom stereocenters. The van der Waals surface area contributed by atoms with Crippen LogP contribution in [0, 0.1) is 0 Å². The molecule has 0 amide bonds. The van der Waals surface area contributed by atoms with Gasteiger partial charge in [0.25, 0.3) is 0 Å². The van der Waals surface area contributed by atoms with Crippen molar-refractivity contribution in [2.24, 2.45) is 0 Å². The number of hydrogen-bond donors (Lipinski definition) is 2. The summed E-state index contributed by atoms with van der Waals surface area (Å²) < 4.78 is 27.2. The molecule has 0 saturated carbocycles. The third-order valence-electron chi connectivity index (χ3n) is 3.43. The lowest BCUT2D eigenvalue weighted by Crippen LogP contribution is -2.23. The molecule has 0 atom stereocenters. The fourth-order valence-corrected chi connectivity index (χ4v) is 3.36. The molecule has 0 spiro atoms. The van der Waals surface area contributed by atoms with Crippen LogP contribution < -0.4 is 10.0 Å². The molecular weight excluding hydrogens is 272 g/mol. The van der Waals surface area contributed by atoms with Gasteiger partial charge in [0, 0.05) is 19.6 Å². The van der Waals surface area contributed by atoms with Gasteiger partial charge < -0.3 is 5.32 Å². The van der Waals surface area contributed by atoms with Gasteiger partial charge in [0.2, 0.25) is 10.0 Å². The zero-order chi connectivity index (χ0) is 14.0. The largest absolute Gasteiger partial charge is 0.309 e. The van der Waals surface area contributed by atoms with Gasteiger partial charge in [-0.15, -0.1) is 0 Å². The monoisotopic (exact) mass is 288 g/mol. The molecule has 2 aromatic carbocycles. The Morgan fingerprint density at radius 3 is 2.55 bits per heavy atom. The van der Waals surface area contributed by atoms with E-state index in [9.17, 15) is 8.42 Å². The SMILES string of the molecule is O=S(=O)(NCc1ccccc1)c1ccc2c(c1)CNC2. The first-order chi connectivity index (χ1) is 9.65. The maximum atomic E-state index is 12.3. The second-order valence-electron chi connectivity index (χ2n) is 4.84. The number of hydrogen-bond acceptors (Lipinski definition) is 3. The van der Waals surface area contributed by atoms with Gasteiger partial charge in [0.15, 0.2) is 0 Å². The van der Waals surface area contributed by atoms with E-state index in [0.717, 1.165) is 24.2 Å². The molecule has 0 radical (unpaired) electrons. The van der Waals surface area contributed by atoms with Gasteiger partial charge in [-0.3, -0.25) is 0 Å². The fraction of sp³-hybridized carbons (Fsp3) is 0.200. The van der Waals surface area contributed by atoms with Crippen LogP contribution in [0.1, 0.15) is 16.7 Å². The summed E-state index contributed by atoms with van der Waals surface area (Å²) in [5, 5.41) is 3.21. The summed E-state index contributed by atoms with van der Waals surface area (Å²) in [4.78, 5) is 0.330. The Balaban J connectivity index is 1.78. The van der Waals surface area contributed by atoms with E-state index in [1.165, 1.54) is 5.56 Å². The fourth-order valence-electron chi connectivity index (χ4n) is 2.30. The van der Waals surface area contributed by atoms with Crippen LogP contribution in [0.15, 0.2) is 53.4 Å². The van der Waals surface area contributed by atoms with Gasteiger partial charge in [0.05, 0.1) is 4.90 Å². The van der Waals surface area contributed by atoms with Gasteiger partial charge in [-0.05, 0) is 28.8 Å². The molecule has 104 valence electrons. The molecule has 2 N–H and O–H groups in total. The molecule has 3 rings (SSSR count). The van der Waals surface area contributed by atoms with Crippen molar-refractivity contribution < 1.29 is 8.42 Å². The highest BCUT2D eigenvalue weighted by atomic mass is 32.2. The predicted molar refractivity (Wildman–Crippen MR) is 77.5 cm³/mol. The highest BCUT2D eigenvalue weighted by molar-refractivity contribution is 7.89. The van der Waals surface area contributed by atoms with E-state index < -0.39 is 10.0 Å². The lowest BCUT2D eigenvalue weighted by Gasteiger charge is -2.08. The Morgan fingerprint density at radius 1 is 1.00 bits per heavy atom. The van der Waals surface area contributed by atoms with E-state index in [2.05, 4.69) is 10.0 Å². The van der Waals surface area contributed by atoms with E-state index in [-0.39, 0.29) is 0 Å². The number of rotatable bonds is 4. The molecule has 1 aliphatic heterocycles. The van der Waals surface area contributed by atoms with E-state index in [1.807, 2.05) is 36.4 Å². The first kappa shape index (κ1) is 13.3. The summed E-state index contributed by atoms with van der Waals surface area (Å²) in [7, 11) is -3.46. The standard InChI is InChI=1S/C15H16N2O2S/c18-20(19,17-9-12-4-2-1-3-5-12)15-7-6-13-10-16-11-14(13)8-15/h1-8,16-17H,9-11H2. The minimum Gasteiger partial charge on any atom is -0.309 e. The molecule has 20 heavy (non-hydrogen) atoms. The normalized spacial score (nSPS) is 14.2. The summed E-state index contributed by atoms with van der Waals surface area (Å²) in [5.41, 5.74) is 3.18. The molecular formula is C15H16N2O2S. The lowest BCUT2D eigenvalue weighted by atomic mass is 10.1. The molecule has 4 nitrogen and oxygen atoms in total. The van der Waals surface area contributed by atoms with Crippen LogP contribution in [0.25, 0.3) is 0 Å². The first-order valence-corrected chi connectivity index (χ1v) is 7.99. The topological polar surface area (TPSA) is 58.2 Å². The Labute approximate surface area is 118 Å². The van der Waals surface area contributed by atoms with Crippen LogP contribution in [0.5, 0.6) is 0 Å². The maximum absolute atomic E-state index is 12.3. The number of benzene rings is 2. The van der Waals surface area contributed by atoms with Crippen molar-refractivity contribution in [1.82, 2.24) is 10.0 Å². The zero-order valence-corrected chi connectivity index (χ0v) is 11.8.